The Morgan fingerprint density at radius 1 is 1.08 bits per heavy atom. The van der Waals surface area contributed by atoms with Gasteiger partial charge in [-0.15, -0.1) is 0 Å². The molecule has 0 unspecified atom stereocenters. The topological polar surface area (TPSA) is 42.7 Å². The molecule has 0 spiro atoms. The third-order valence-electron chi connectivity index (χ3n) is 1.64. The highest BCUT2D eigenvalue weighted by molar-refractivity contribution is 4.96. The predicted octanol–water partition coefficient (Wildman–Crippen LogP) is 1.02. The highest BCUT2D eigenvalue weighted by atomic mass is 15.4. The summed E-state index contributed by atoms with van der Waals surface area (Å²) in [5, 5.41) is 0. The van der Waals surface area contributed by atoms with Crippen molar-refractivity contribution in [1.82, 2.24) is 14.6 Å². The van der Waals surface area contributed by atoms with Gasteiger partial charge in [-0.2, -0.15) is 0 Å². The summed E-state index contributed by atoms with van der Waals surface area (Å²) >= 11 is 0. The molecule has 1 N–H and O–H groups in total. The number of hydrogen-bond acceptors (Lipinski definition) is 3. The summed E-state index contributed by atoms with van der Waals surface area (Å²) in [5.41, 5.74) is 3.13. The summed E-state index contributed by atoms with van der Waals surface area (Å²) in [6, 6.07) is 5.72. The summed E-state index contributed by atoms with van der Waals surface area (Å²) in [5.74, 6) is 0.788. The van der Waals surface area contributed by atoms with Gasteiger partial charge < -0.3 is 5.43 Å². The van der Waals surface area contributed by atoms with Crippen LogP contribution in [0.3, 0.4) is 0 Å². The van der Waals surface area contributed by atoms with Crippen molar-refractivity contribution in [3.63, 3.8) is 0 Å². The Morgan fingerprint density at radius 3 is 2.46 bits per heavy atom. The Bertz CT molecular complexity index is 341. The monoisotopic (exact) mass is 174 g/mol. The molecular weight excluding hydrogens is 164 g/mol. The molecule has 0 aromatic carbocycles. The first-order chi connectivity index (χ1) is 6.45. The zero-order valence-corrected chi connectivity index (χ0v) is 7.09. The molecule has 4 heteroatoms. The van der Waals surface area contributed by atoms with Gasteiger partial charge in [-0.05, 0) is 18.2 Å². The Balaban J connectivity index is 1.94. The van der Waals surface area contributed by atoms with Crippen LogP contribution in [0, 0.1) is 0 Å². The smallest absolute Gasteiger partial charge is 0.148 e. The summed E-state index contributed by atoms with van der Waals surface area (Å²) in [4.78, 5) is 8.18. The third-order valence-corrected chi connectivity index (χ3v) is 1.64. The van der Waals surface area contributed by atoms with Crippen LogP contribution in [0.5, 0.6) is 0 Å². The first kappa shape index (κ1) is 7.79. The van der Waals surface area contributed by atoms with Gasteiger partial charge in [0.1, 0.15) is 5.82 Å². The van der Waals surface area contributed by atoms with E-state index in [1.54, 1.807) is 18.5 Å². The molecule has 2 heterocycles. The highest BCUT2D eigenvalue weighted by Crippen LogP contribution is 1.90. The molecule has 0 aliphatic carbocycles. The van der Waals surface area contributed by atoms with Crippen molar-refractivity contribution in [3.05, 3.63) is 48.8 Å². The minimum absolute atomic E-state index is 0.634. The van der Waals surface area contributed by atoms with E-state index in [9.17, 15) is 0 Å². The summed E-state index contributed by atoms with van der Waals surface area (Å²) in [6.07, 6.45) is 7.34. The zero-order chi connectivity index (χ0) is 8.93. The average molecular weight is 174 g/mol. The maximum Gasteiger partial charge on any atom is 0.148 e. The lowest BCUT2D eigenvalue weighted by Gasteiger charge is -2.04. The van der Waals surface area contributed by atoms with Gasteiger partial charge in [0.25, 0.3) is 0 Å². The second-order valence-corrected chi connectivity index (χ2v) is 2.59. The number of nitrogens with zero attached hydrogens (tertiary/aromatic N) is 3. The van der Waals surface area contributed by atoms with Gasteiger partial charge in [-0.3, -0.25) is 4.68 Å². The van der Waals surface area contributed by atoms with E-state index in [1.165, 1.54) is 0 Å². The van der Waals surface area contributed by atoms with Crippen molar-refractivity contribution < 1.29 is 0 Å². The van der Waals surface area contributed by atoms with E-state index in [1.807, 2.05) is 29.2 Å². The van der Waals surface area contributed by atoms with Gasteiger partial charge in [-0.25, -0.2) is 9.97 Å². The van der Waals surface area contributed by atoms with E-state index in [4.69, 9.17) is 0 Å². The highest BCUT2D eigenvalue weighted by Gasteiger charge is 1.92. The van der Waals surface area contributed by atoms with Crippen LogP contribution >= 0.6 is 0 Å². The summed E-state index contributed by atoms with van der Waals surface area (Å²) < 4.78 is 1.87. The molecule has 0 aliphatic heterocycles. The molecule has 0 bridgehead atoms. The van der Waals surface area contributed by atoms with Crippen LogP contribution in [0.1, 0.15) is 5.82 Å². The molecule has 0 saturated heterocycles. The third kappa shape index (κ3) is 2.05. The Morgan fingerprint density at radius 2 is 1.77 bits per heavy atom. The largest absolute Gasteiger partial charge is 0.319 e. The van der Waals surface area contributed by atoms with E-state index < -0.39 is 0 Å². The Kier molecular flexibility index (Phi) is 2.22. The standard InChI is InChI=1S/C9H10N4/c1-2-7-13(6-1)12-8-9-10-4-3-5-11-9/h1-7,12H,8H2. The number of rotatable bonds is 3. The van der Waals surface area contributed by atoms with Gasteiger partial charge in [0.2, 0.25) is 0 Å². The van der Waals surface area contributed by atoms with Crippen LogP contribution in [-0.2, 0) is 6.54 Å². The van der Waals surface area contributed by atoms with Crippen LogP contribution in [-0.4, -0.2) is 14.6 Å². The van der Waals surface area contributed by atoms with E-state index in [0.29, 0.717) is 6.54 Å². The van der Waals surface area contributed by atoms with Crippen molar-refractivity contribution in [2.24, 2.45) is 0 Å². The van der Waals surface area contributed by atoms with E-state index in [2.05, 4.69) is 15.4 Å². The fraction of sp³-hybridized carbons (Fsp3) is 0.111. The minimum Gasteiger partial charge on any atom is -0.319 e. The van der Waals surface area contributed by atoms with Crippen LogP contribution in [0.2, 0.25) is 0 Å². The molecule has 0 radical (unpaired) electrons. The second-order valence-electron chi connectivity index (χ2n) is 2.59. The molecule has 2 rings (SSSR count). The number of aromatic nitrogens is 3. The van der Waals surface area contributed by atoms with E-state index in [0.717, 1.165) is 5.82 Å². The fourth-order valence-electron chi connectivity index (χ4n) is 1.02. The van der Waals surface area contributed by atoms with E-state index in [-0.39, 0.29) is 0 Å². The zero-order valence-electron chi connectivity index (χ0n) is 7.09. The molecule has 0 saturated carbocycles. The van der Waals surface area contributed by atoms with Crippen LogP contribution in [0.4, 0.5) is 0 Å². The fourth-order valence-corrected chi connectivity index (χ4v) is 1.02. The van der Waals surface area contributed by atoms with Crippen LogP contribution in [0.25, 0.3) is 0 Å². The maximum atomic E-state index is 4.09. The molecule has 13 heavy (non-hydrogen) atoms. The van der Waals surface area contributed by atoms with Gasteiger partial charge in [0.05, 0.1) is 6.54 Å². The van der Waals surface area contributed by atoms with Crippen molar-refractivity contribution in [3.8, 4) is 0 Å². The number of nitrogens with one attached hydrogen (secondary N) is 1. The lowest BCUT2D eigenvalue weighted by Crippen LogP contribution is -2.13. The Hall–Kier alpha value is -1.84. The average Bonchev–Trinajstić information content (AvgIpc) is 2.69. The van der Waals surface area contributed by atoms with Crippen molar-refractivity contribution in [1.29, 1.82) is 0 Å². The first-order valence-electron chi connectivity index (χ1n) is 4.08. The van der Waals surface area contributed by atoms with Gasteiger partial charge in [0.15, 0.2) is 0 Å². The van der Waals surface area contributed by atoms with Gasteiger partial charge >= 0.3 is 0 Å². The van der Waals surface area contributed by atoms with E-state index >= 15 is 0 Å². The van der Waals surface area contributed by atoms with Crippen molar-refractivity contribution in [2.45, 2.75) is 6.54 Å². The summed E-state index contributed by atoms with van der Waals surface area (Å²) in [7, 11) is 0. The number of hydrogen-bond donors (Lipinski definition) is 1. The SMILES string of the molecule is c1cnc(CNn2cccc2)nc1. The predicted molar refractivity (Wildman–Crippen MR) is 49.5 cm³/mol. The molecule has 2 aromatic heterocycles. The maximum absolute atomic E-state index is 4.09. The minimum atomic E-state index is 0.634. The van der Waals surface area contributed by atoms with Gasteiger partial charge in [0, 0.05) is 24.8 Å². The van der Waals surface area contributed by atoms with Crippen LogP contribution in [0.15, 0.2) is 43.0 Å². The van der Waals surface area contributed by atoms with Crippen LogP contribution < -0.4 is 5.43 Å². The molecule has 0 fully saturated rings. The Labute approximate surface area is 76.2 Å². The van der Waals surface area contributed by atoms with Gasteiger partial charge in [-0.1, -0.05) is 0 Å². The van der Waals surface area contributed by atoms with Crippen molar-refractivity contribution in [2.75, 3.05) is 5.43 Å². The lowest BCUT2D eigenvalue weighted by atomic mass is 10.5. The lowest BCUT2D eigenvalue weighted by molar-refractivity contribution is 0.803. The quantitative estimate of drug-likeness (QED) is 0.755. The second kappa shape index (κ2) is 3.71. The molecular formula is C9H10N4. The molecule has 0 aliphatic rings. The summed E-state index contributed by atoms with van der Waals surface area (Å²) in [6.45, 7) is 0.634. The van der Waals surface area contributed by atoms with Crippen molar-refractivity contribution >= 4 is 0 Å². The molecule has 0 atom stereocenters. The first-order valence-corrected chi connectivity index (χ1v) is 4.08. The molecule has 66 valence electrons. The molecule has 4 nitrogen and oxygen atoms in total. The molecule has 0 amide bonds. The normalized spacial score (nSPS) is 9.85. The molecule has 2 aromatic rings.